The number of halogens is 1. The number of rotatable bonds is 5. The molecule has 0 spiro atoms. The van der Waals surface area contributed by atoms with Crippen LogP contribution in [-0.2, 0) is 9.53 Å². The second-order valence-electron chi connectivity index (χ2n) is 4.18. The van der Waals surface area contributed by atoms with E-state index in [2.05, 4.69) is 0 Å². The van der Waals surface area contributed by atoms with Crippen LogP contribution in [0.5, 0.6) is 5.75 Å². The van der Waals surface area contributed by atoms with Gasteiger partial charge in [-0.25, -0.2) is 4.39 Å². The molecule has 1 heterocycles. The molecule has 1 atom stereocenters. The molecule has 1 aromatic rings. The minimum atomic E-state index is -0.683. The van der Waals surface area contributed by atoms with Crippen molar-refractivity contribution in [2.24, 2.45) is 5.92 Å². The van der Waals surface area contributed by atoms with Crippen molar-refractivity contribution < 1.29 is 23.6 Å². The van der Waals surface area contributed by atoms with Crippen molar-refractivity contribution in [1.82, 2.24) is 0 Å². The van der Waals surface area contributed by atoms with Crippen LogP contribution in [0.2, 0.25) is 0 Å². The van der Waals surface area contributed by atoms with E-state index in [0.29, 0.717) is 19.6 Å². The number of nitrogens with zero attached hydrogens (tertiary/aromatic N) is 1. The van der Waals surface area contributed by atoms with Crippen molar-refractivity contribution in [3.63, 3.8) is 0 Å². The summed E-state index contributed by atoms with van der Waals surface area (Å²) in [5.74, 6) is -1.34. The van der Waals surface area contributed by atoms with Crippen LogP contribution < -0.4 is 4.74 Å². The molecule has 0 aliphatic carbocycles. The number of ketones is 1. The maximum atomic E-state index is 13.0. The van der Waals surface area contributed by atoms with Gasteiger partial charge in [0, 0.05) is 24.7 Å². The average Bonchev–Trinajstić information content (AvgIpc) is 2.89. The van der Waals surface area contributed by atoms with Crippen molar-refractivity contribution in [1.29, 1.82) is 0 Å². The molecule has 0 saturated carbocycles. The highest BCUT2D eigenvalue weighted by Gasteiger charge is 2.25. The lowest BCUT2D eigenvalue weighted by atomic mass is 10.0. The molecule has 0 N–H and O–H groups in total. The van der Waals surface area contributed by atoms with Gasteiger partial charge < -0.3 is 9.47 Å². The van der Waals surface area contributed by atoms with Gasteiger partial charge in [0.2, 0.25) is 0 Å². The maximum absolute atomic E-state index is 13.0. The van der Waals surface area contributed by atoms with Gasteiger partial charge in [0.05, 0.1) is 11.5 Å². The van der Waals surface area contributed by atoms with Gasteiger partial charge in [0.15, 0.2) is 11.5 Å². The Morgan fingerprint density at radius 3 is 3.00 bits per heavy atom. The first kappa shape index (κ1) is 13.4. The van der Waals surface area contributed by atoms with Gasteiger partial charge in [-0.1, -0.05) is 0 Å². The van der Waals surface area contributed by atoms with Crippen LogP contribution in [0.15, 0.2) is 18.2 Å². The standard InChI is InChI=1S/C12H12FNO5/c13-9-1-2-10(14(16)17)12(5-9)19-7-11(15)8-3-4-18-6-8/h1-2,5,8H,3-4,6-7H2. The van der Waals surface area contributed by atoms with Crippen LogP contribution in [0.3, 0.4) is 0 Å². The lowest BCUT2D eigenvalue weighted by molar-refractivity contribution is -0.385. The largest absolute Gasteiger partial charge is 0.479 e. The second-order valence-corrected chi connectivity index (χ2v) is 4.18. The monoisotopic (exact) mass is 269 g/mol. The number of nitro benzene ring substituents is 1. The van der Waals surface area contributed by atoms with Crippen molar-refractivity contribution in [3.8, 4) is 5.75 Å². The van der Waals surface area contributed by atoms with Crippen LogP contribution in [0.1, 0.15) is 6.42 Å². The molecule has 102 valence electrons. The van der Waals surface area contributed by atoms with E-state index in [4.69, 9.17) is 9.47 Å². The molecule has 0 aromatic heterocycles. The molecule has 6 nitrogen and oxygen atoms in total. The number of benzene rings is 1. The number of carbonyl (C=O) groups excluding carboxylic acids is 1. The third-order valence-electron chi connectivity index (χ3n) is 2.87. The van der Waals surface area contributed by atoms with Crippen molar-refractivity contribution >= 4 is 11.5 Å². The molecule has 0 amide bonds. The van der Waals surface area contributed by atoms with Crippen LogP contribution in [0, 0.1) is 21.8 Å². The summed E-state index contributed by atoms with van der Waals surface area (Å²) in [6, 6.07) is 2.88. The van der Waals surface area contributed by atoms with Gasteiger partial charge in [0.25, 0.3) is 0 Å². The third kappa shape index (κ3) is 3.25. The molecular weight excluding hydrogens is 257 g/mol. The summed E-state index contributed by atoms with van der Waals surface area (Å²) in [6.45, 7) is 0.544. The predicted molar refractivity (Wildman–Crippen MR) is 62.5 cm³/mol. The van der Waals surface area contributed by atoms with E-state index in [-0.39, 0.29) is 29.7 Å². The summed E-state index contributed by atoms with van der Waals surface area (Å²) in [7, 11) is 0. The number of ether oxygens (including phenoxy) is 2. The lowest BCUT2D eigenvalue weighted by Gasteiger charge is -2.09. The van der Waals surface area contributed by atoms with Gasteiger partial charge in [-0.15, -0.1) is 0 Å². The molecule has 1 aliphatic rings. The molecule has 1 saturated heterocycles. The van der Waals surface area contributed by atoms with E-state index in [9.17, 15) is 19.3 Å². The molecule has 1 unspecified atom stereocenters. The Morgan fingerprint density at radius 1 is 1.58 bits per heavy atom. The normalized spacial score (nSPS) is 18.3. The van der Waals surface area contributed by atoms with Crippen molar-refractivity contribution in [3.05, 3.63) is 34.1 Å². The Balaban J connectivity index is 2.04. The topological polar surface area (TPSA) is 78.7 Å². The minimum Gasteiger partial charge on any atom is -0.479 e. The zero-order valence-corrected chi connectivity index (χ0v) is 10.0. The lowest BCUT2D eigenvalue weighted by Crippen LogP contribution is -2.21. The number of Topliss-reactive ketones (excluding diaryl/α,β-unsaturated/α-hetero) is 1. The summed E-state index contributed by atoms with van der Waals surface area (Å²) in [5.41, 5.74) is -0.364. The van der Waals surface area contributed by atoms with Gasteiger partial charge in [0.1, 0.15) is 12.4 Å². The smallest absolute Gasteiger partial charge is 0.311 e. The Bertz CT molecular complexity index is 499. The third-order valence-corrected chi connectivity index (χ3v) is 2.87. The van der Waals surface area contributed by atoms with E-state index >= 15 is 0 Å². The highest BCUT2D eigenvalue weighted by Crippen LogP contribution is 2.27. The maximum Gasteiger partial charge on any atom is 0.311 e. The molecule has 19 heavy (non-hydrogen) atoms. The number of nitro groups is 1. The molecule has 1 aliphatic heterocycles. The summed E-state index contributed by atoms with van der Waals surface area (Å²) >= 11 is 0. The Hall–Kier alpha value is -2.02. The summed E-state index contributed by atoms with van der Waals surface area (Å²) in [5, 5.41) is 10.7. The van der Waals surface area contributed by atoms with E-state index in [0.717, 1.165) is 18.2 Å². The SMILES string of the molecule is O=C(COc1cc(F)ccc1[N+](=O)[O-])C1CCOC1. The fourth-order valence-corrected chi connectivity index (χ4v) is 1.81. The molecule has 1 aromatic carbocycles. The van der Waals surface area contributed by atoms with Gasteiger partial charge >= 0.3 is 5.69 Å². The fourth-order valence-electron chi connectivity index (χ4n) is 1.81. The van der Waals surface area contributed by atoms with Gasteiger partial charge in [-0.2, -0.15) is 0 Å². The molecule has 2 rings (SSSR count). The Morgan fingerprint density at radius 2 is 2.37 bits per heavy atom. The number of hydrogen-bond donors (Lipinski definition) is 0. The van der Waals surface area contributed by atoms with E-state index < -0.39 is 10.7 Å². The van der Waals surface area contributed by atoms with Crippen LogP contribution in [-0.4, -0.2) is 30.5 Å². The summed E-state index contributed by atoms with van der Waals surface area (Å²) in [4.78, 5) is 21.8. The van der Waals surface area contributed by atoms with Crippen LogP contribution in [0.25, 0.3) is 0 Å². The minimum absolute atomic E-state index is 0.198. The quantitative estimate of drug-likeness (QED) is 0.600. The van der Waals surface area contributed by atoms with E-state index in [1.54, 1.807) is 0 Å². The number of hydrogen-bond acceptors (Lipinski definition) is 5. The fraction of sp³-hybridized carbons (Fsp3) is 0.417. The molecular formula is C12H12FNO5. The first-order valence-electron chi connectivity index (χ1n) is 5.75. The zero-order valence-electron chi connectivity index (χ0n) is 10.0. The second kappa shape index (κ2) is 5.75. The summed E-state index contributed by atoms with van der Waals surface area (Å²) in [6.07, 6.45) is 0.618. The summed E-state index contributed by atoms with van der Waals surface area (Å²) < 4.78 is 23.2. The average molecular weight is 269 g/mol. The van der Waals surface area contributed by atoms with Crippen LogP contribution >= 0.6 is 0 Å². The van der Waals surface area contributed by atoms with Crippen LogP contribution in [0.4, 0.5) is 10.1 Å². The highest BCUT2D eigenvalue weighted by molar-refractivity contribution is 5.82. The molecule has 0 bridgehead atoms. The Labute approximate surface area is 108 Å². The highest BCUT2D eigenvalue weighted by atomic mass is 19.1. The molecule has 7 heteroatoms. The number of carbonyl (C=O) groups is 1. The first-order valence-corrected chi connectivity index (χ1v) is 5.75. The van der Waals surface area contributed by atoms with E-state index in [1.807, 2.05) is 0 Å². The molecule has 1 fully saturated rings. The van der Waals surface area contributed by atoms with Crippen molar-refractivity contribution in [2.75, 3.05) is 19.8 Å². The predicted octanol–water partition coefficient (Wildman–Crippen LogP) is 1.72. The van der Waals surface area contributed by atoms with Gasteiger partial charge in [-0.05, 0) is 12.5 Å². The van der Waals surface area contributed by atoms with Gasteiger partial charge in [-0.3, -0.25) is 14.9 Å². The van der Waals surface area contributed by atoms with E-state index in [1.165, 1.54) is 0 Å². The molecule has 0 radical (unpaired) electrons. The zero-order chi connectivity index (χ0) is 13.8. The Kier molecular flexibility index (Phi) is 4.06. The van der Waals surface area contributed by atoms with Crippen molar-refractivity contribution in [2.45, 2.75) is 6.42 Å². The first-order chi connectivity index (χ1) is 9.08.